The van der Waals surface area contributed by atoms with Crippen molar-refractivity contribution >= 4 is 48.4 Å². The Hall–Kier alpha value is -4.07. The van der Waals surface area contributed by atoms with Gasteiger partial charge in [-0.05, 0) is 49.5 Å². The Morgan fingerprint density at radius 1 is 0.979 bits per heavy atom. The van der Waals surface area contributed by atoms with Gasteiger partial charge in [0.1, 0.15) is 36.7 Å². The van der Waals surface area contributed by atoms with Gasteiger partial charge in [0.2, 0.25) is 17.7 Å². The van der Waals surface area contributed by atoms with Gasteiger partial charge in [0.25, 0.3) is 0 Å². The number of benzene rings is 1. The van der Waals surface area contributed by atoms with Crippen molar-refractivity contribution in [3.8, 4) is 0 Å². The van der Waals surface area contributed by atoms with E-state index in [1.54, 1.807) is 38.1 Å². The molecular weight excluding hydrogens is 628 g/mol. The van der Waals surface area contributed by atoms with E-state index in [0.29, 0.717) is 25.8 Å². The van der Waals surface area contributed by atoms with Crippen molar-refractivity contribution in [2.24, 2.45) is 11.8 Å². The van der Waals surface area contributed by atoms with Crippen molar-refractivity contribution in [3.05, 3.63) is 48.0 Å². The number of carbonyl (C=O) groups is 6. The van der Waals surface area contributed by atoms with Gasteiger partial charge in [0.15, 0.2) is 0 Å². The first-order chi connectivity index (χ1) is 22.4. The van der Waals surface area contributed by atoms with E-state index in [1.807, 2.05) is 19.9 Å². The van der Waals surface area contributed by atoms with E-state index in [4.69, 9.17) is 14.2 Å². The Bertz CT molecular complexity index is 1240. The number of nitrogens with zero attached hydrogens (tertiary/aromatic N) is 1. The molecule has 0 spiro atoms. The predicted octanol–water partition coefficient (Wildman–Crippen LogP) is 2.88. The highest BCUT2D eigenvalue weighted by Crippen LogP contribution is 2.21. The van der Waals surface area contributed by atoms with Crippen molar-refractivity contribution in [1.82, 2.24) is 20.9 Å². The summed E-state index contributed by atoms with van der Waals surface area (Å²) in [6.45, 7) is 7.64. The third kappa shape index (κ3) is 13.3. The molecule has 1 aliphatic rings. The van der Waals surface area contributed by atoms with Crippen molar-refractivity contribution < 1.29 is 43.0 Å². The molecule has 14 heteroatoms. The zero-order chi connectivity index (χ0) is 34.9. The molecule has 0 bridgehead atoms. The van der Waals surface area contributed by atoms with Gasteiger partial charge in [-0.25, -0.2) is 14.4 Å². The molecule has 3 N–H and O–H groups in total. The van der Waals surface area contributed by atoms with Crippen LogP contribution in [0.4, 0.5) is 4.79 Å². The molecule has 0 aliphatic carbocycles. The normalized spacial score (nSPS) is 16.3. The summed E-state index contributed by atoms with van der Waals surface area (Å²) < 4.78 is 14.9. The van der Waals surface area contributed by atoms with Gasteiger partial charge in [0.05, 0.1) is 7.11 Å². The molecule has 1 aromatic rings. The van der Waals surface area contributed by atoms with Gasteiger partial charge in [-0.1, -0.05) is 64.1 Å². The number of ether oxygens (including phenoxy) is 3. The summed E-state index contributed by atoms with van der Waals surface area (Å²) in [6.07, 6.45) is 3.49. The van der Waals surface area contributed by atoms with Crippen molar-refractivity contribution in [2.75, 3.05) is 19.6 Å². The van der Waals surface area contributed by atoms with E-state index in [-0.39, 0.29) is 37.2 Å². The number of likely N-dealkylation sites (tertiary alicyclic amines) is 1. The molecule has 1 fully saturated rings. The Balaban J connectivity index is 2.17. The van der Waals surface area contributed by atoms with Crippen LogP contribution in [-0.4, -0.2) is 84.4 Å². The van der Waals surface area contributed by atoms with Gasteiger partial charge in [-0.15, -0.1) is 12.6 Å². The summed E-state index contributed by atoms with van der Waals surface area (Å²) >= 11 is 3.84. The summed E-state index contributed by atoms with van der Waals surface area (Å²) in [5.74, 6) is -3.08. The molecule has 0 saturated carbocycles. The number of nitrogens with one attached hydrogen (secondary N) is 3. The zero-order valence-electron chi connectivity index (χ0n) is 27.7. The highest BCUT2D eigenvalue weighted by atomic mass is 32.1. The van der Waals surface area contributed by atoms with Crippen LogP contribution < -0.4 is 16.0 Å². The van der Waals surface area contributed by atoms with Crippen molar-refractivity contribution in [3.63, 3.8) is 0 Å². The van der Waals surface area contributed by atoms with Gasteiger partial charge < -0.3 is 35.1 Å². The number of rotatable bonds is 17. The first kappa shape index (κ1) is 39.1. The van der Waals surface area contributed by atoms with E-state index in [1.165, 1.54) is 24.2 Å². The molecule has 0 aromatic heterocycles. The minimum absolute atomic E-state index is 0.0179. The van der Waals surface area contributed by atoms with E-state index < -0.39 is 59.9 Å². The molecule has 47 heavy (non-hydrogen) atoms. The number of thiol groups is 1. The van der Waals surface area contributed by atoms with Crippen LogP contribution in [-0.2, 0) is 44.8 Å². The van der Waals surface area contributed by atoms with Crippen LogP contribution in [0.25, 0.3) is 0 Å². The van der Waals surface area contributed by atoms with Crippen LogP contribution in [0, 0.1) is 11.8 Å². The first-order valence-electron chi connectivity index (χ1n) is 15.8. The molecule has 13 nitrogen and oxygen atoms in total. The molecular formula is C33H48N4O9S. The van der Waals surface area contributed by atoms with E-state index in [0.717, 1.165) is 5.56 Å². The lowest BCUT2D eigenvalue weighted by Crippen LogP contribution is -2.59. The molecule has 2 unspecified atom stereocenters. The maximum atomic E-state index is 13.9. The number of hydrogen-bond donors (Lipinski definition) is 4. The zero-order valence-corrected chi connectivity index (χ0v) is 28.6. The smallest absolute Gasteiger partial charge is 0.408 e. The highest BCUT2D eigenvalue weighted by molar-refractivity contribution is 7.80. The number of alkyl carbamates (subject to hydrolysis) is 1. The third-order valence-electron chi connectivity index (χ3n) is 7.48. The molecule has 1 aliphatic heterocycles. The first-order valence-corrected chi connectivity index (χ1v) is 16.4. The van der Waals surface area contributed by atoms with Gasteiger partial charge >= 0.3 is 18.0 Å². The van der Waals surface area contributed by atoms with Crippen molar-refractivity contribution in [2.45, 2.75) is 90.6 Å². The predicted molar refractivity (Wildman–Crippen MR) is 177 cm³/mol. The van der Waals surface area contributed by atoms with Gasteiger partial charge in [0, 0.05) is 12.6 Å². The summed E-state index contributed by atoms with van der Waals surface area (Å²) in [4.78, 5) is 78.8. The van der Waals surface area contributed by atoms with Crippen LogP contribution in [0.5, 0.6) is 0 Å². The summed E-state index contributed by atoms with van der Waals surface area (Å²) in [5, 5.41) is 8.07. The van der Waals surface area contributed by atoms with Crippen LogP contribution in [0.15, 0.2) is 42.5 Å². The second kappa shape index (κ2) is 20.2. The number of amides is 4. The molecule has 260 valence electrons. The Morgan fingerprint density at radius 3 is 2.30 bits per heavy atom. The van der Waals surface area contributed by atoms with E-state index in [2.05, 4.69) is 28.6 Å². The Labute approximate surface area is 281 Å². The second-order valence-electron chi connectivity index (χ2n) is 12.0. The fourth-order valence-corrected chi connectivity index (χ4v) is 5.20. The number of hydrogen-bond acceptors (Lipinski definition) is 10. The molecule has 2 rings (SSSR count). The monoisotopic (exact) mass is 676 g/mol. The average molecular weight is 677 g/mol. The topological polar surface area (TPSA) is 169 Å². The number of allylic oxidation sites excluding steroid dienone is 1. The number of carbonyl (C=O) groups excluding carboxylic acids is 6. The Kier molecular flexibility index (Phi) is 16.8. The maximum absolute atomic E-state index is 13.9. The van der Waals surface area contributed by atoms with Crippen LogP contribution >= 0.6 is 12.6 Å². The van der Waals surface area contributed by atoms with E-state index >= 15 is 0 Å². The lowest BCUT2D eigenvalue weighted by Gasteiger charge is -2.32. The Morgan fingerprint density at radius 2 is 1.68 bits per heavy atom. The number of methoxy groups -OCH3 is 1. The largest absolute Gasteiger partial charge is 0.467 e. The quantitative estimate of drug-likeness (QED) is 0.0637. The summed E-state index contributed by atoms with van der Waals surface area (Å²) in [7, 11) is 1.25. The standard InChI is InChI=1S/C33H48N4O9S/c1-21(2)18-25(32(42)44-5)34-30(40)26-15-11-17-37(26)31(41)28(22(3)4)36-29(39)24(14-9-10-16-27(38)46-20-47)35-33(43)45-19-23-12-7-6-8-13-23/h6-8,10,12-13,16,21-22,24-26,28,47H,9,11,14-15,17-20H2,1-5H3,(H,34,40)(H,35,43)(H,36,39)/b16-10+/t24?,25-,26?,28-/m0/s1. The minimum atomic E-state index is -1.12. The molecule has 4 amide bonds. The molecule has 1 aromatic carbocycles. The second-order valence-corrected chi connectivity index (χ2v) is 12.2. The fraction of sp³-hybridized carbons (Fsp3) is 0.576. The molecule has 1 saturated heterocycles. The third-order valence-corrected chi connectivity index (χ3v) is 7.61. The molecule has 0 radical (unpaired) electrons. The highest BCUT2D eigenvalue weighted by Gasteiger charge is 2.40. The van der Waals surface area contributed by atoms with Crippen molar-refractivity contribution in [1.29, 1.82) is 0 Å². The number of esters is 2. The lowest BCUT2D eigenvalue weighted by atomic mass is 10.0. The molecule has 4 atom stereocenters. The van der Waals surface area contributed by atoms with Crippen LogP contribution in [0.2, 0.25) is 0 Å². The molecule has 1 heterocycles. The summed E-state index contributed by atoms with van der Waals surface area (Å²) in [6, 6.07) is 5.20. The average Bonchev–Trinajstić information content (AvgIpc) is 3.53. The fourth-order valence-electron chi connectivity index (χ4n) is 5.07. The maximum Gasteiger partial charge on any atom is 0.408 e. The minimum Gasteiger partial charge on any atom is -0.467 e. The SMILES string of the molecule is COC(=O)[C@H](CC(C)C)NC(=O)C1CCCN1C(=O)[C@@H](NC(=O)C(CC/C=C/C(=O)OCS)NC(=O)OCc1ccccc1)C(C)C. The van der Waals surface area contributed by atoms with Crippen LogP contribution in [0.3, 0.4) is 0 Å². The van der Waals surface area contributed by atoms with E-state index in [9.17, 15) is 28.8 Å². The summed E-state index contributed by atoms with van der Waals surface area (Å²) in [5.41, 5.74) is 0.756. The van der Waals surface area contributed by atoms with Gasteiger partial charge in [-0.2, -0.15) is 0 Å². The van der Waals surface area contributed by atoms with Gasteiger partial charge in [-0.3, -0.25) is 14.4 Å². The van der Waals surface area contributed by atoms with Crippen LogP contribution in [0.1, 0.15) is 65.4 Å². The lowest BCUT2D eigenvalue weighted by molar-refractivity contribution is -0.147.